The van der Waals surface area contributed by atoms with Gasteiger partial charge in [0.15, 0.2) is 5.11 Å². The smallest absolute Gasteiger partial charge is 0.186 e. The lowest BCUT2D eigenvalue weighted by Gasteiger charge is -2.13. The van der Waals surface area contributed by atoms with Crippen LogP contribution in [0.25, 0.3) is 0 Å². The molecule has 0 aliphatic heterocycles. The Morgan fingerprint density at radius 2 is 2.04 bits per heavy atom. The minimum Gasteiger partial charge on any atom is -0.385 e. The molecule has 0 aromatic heterocycles. The molecule has 0 bridgehead atoms. The van der Waals surface area contributed by atoms with E-state index < -0.39 is 0 Å². The van der Waals surface area contributed by atoms with Crippen molar-refractivity contribution in [3.8, 4) is 0 Å². The number of methoxy groups -OCH3 is 1. The Kier molecular flexibility index (Phi) is 9.97. The van der Waals surface area contributed by atoms with Crippen molar-refractivity contribution in [1.29, 1.82) is 0 Å². The Morgan fingerprint density at radius 1 is 1.29 bits per heavy atom. The van der Waals surface area contributed by atoms with Crippen LogP contribution >= 0.6 is 24.4 Å². The fourth-order valence-corrected chi connectivity index (χ4v) is 2.75. The molecule has 0 aromatic carbocycles. The van der Waals surface area contributed by atoms with E-state index in [0.29, 0.717) is 23.6 Å². The third-order valence-electron chi connectivity index (χ3n) is 4.06. The van der Waals surface area contributed by atoms with E-state index >= 15 is 0 Å². The van der Waals surface area contributed by atoms with Gasteiger partial charge in [-0.15, -0.1) is 0 Å². The summed E-state index contributed by atoms with van der Waals surface area (Å²) in [6.45, 7) is 7.66. The van der Waals surface area contributed by atoms with Gasteiger partial charge in [0, 0.05) is 32.1 Å². The van der Waals surface area contributed by atoms with Gasteiger partial charge in [-0.1, -0.05) is 26.1 Å². The summed E-state index contributed by atoms with van der Waals surface area (Å²) < 4.78 is 5.21. The normalized spacial score (nSPS) is 21.8. The summed E-state index contributed by atoms with van der Waals surface area (Å²) in [4.78, 5) is 0.765. The van der Waals surface area contributed by atoms with Gasteiger partial charge in [-0.25, -0.2) is 0 Å². The van der Waals surface area contributed by atoms with Crippen LogP contribution in [0.1, 0.15) is 46.5 Å². The van der Waals surface area contributed by atoms with Crippen LogP contribution in [0, 0.1) is 11.8 Å². The quantitative estimate of drug-likeness (QED) is 0.450. The number of ether oxygens (including phenoxy) is 1. The van der Waals surface area contributed by atoms with Gasteiger partial charge in [0.05, 0.1) is 16.4 Å². The maximum absolute atomic E-state index is 5.36. The lowest BCUT2D eigenvalue weighted by Crippen LogP contribution is -2.34. The fraction of sp³-hybridized carbons (Fsp3) is 0.750. The van der Waals surface area contributed by atoms with E-state index in [0.717, 1.165) is 48.6 Å². The first-order chi connectivity index (χ1) is 11.5. The van der Waals surface area contributed by atoms with E-state index in [1.807, 2.05) is 6.92 Å². The Balaban J connectivity index is 2.82. The predicted octanol–water partition coefficient (Wildman–Crippen LogP) is 2.59. The molecule has 136 valence electrons. The minimum absolute atomic E-state index is 0.315. The Morgan fingerprint density at radius 3 is 2.67 bits per heavy atom. The number of hydrazone groups is 2. The maximum atomic E-state index is 5.36. The van der Waals surface area contributed by atoms with Gasteiger partial charge in [-0.05, 0) is 44.8 Å². The van der Waals surface area contributed by atoms with Crippen LogP contribution in [0.3, 0.4) is 0 Å². The average Bonchev–Trinajstić information content (AvgIpc) is 2.97. The van der Waals surface area contributed by atoms with Crippen molar-refractivity contribution < 1.29 is 4.74 Å². The van der Waals surface area contributed by atoms with Crippen molar-refractivity contribution in [2.24, 2.45) is 22.0 Å². The molecule has 1 aliphatic carbocycles. The predicted molar refractivity (Wildman–Crippen MR) is 109 cm³/mol. The number of rotatable bonds is 8. The summed E-state index contributed by atoms with van der Waals surface area (Å²) in [5.74, 6) is 0.634. The number of hydrogen-bond acceptors (Lipinski definition) is 5. The highest BCUT2D eigenvalue weighted by Crippen LogP contribution is 2.24. The van der Waals surface area contributed by atoms with Gasteiger partial charge in [0.25, 0.3) is 0 Å². The first kappa shape index (κ1) is 20.9. The van der Waals surface area contributed by atoms with Crippen molar-refractivity contribution in [3.05, 3.63) is 0 Å². The molecule has 3 N–H and O–H groups in total. The number of nitrogens with one attached hydrogen (secondary N) is 3. The molecule has 2 unspecified atom stereocenters. The second-order valence-electron chi connectivity index (χ2n) is 5.83. The van der Waals surface area contributed by atoms with E-state index in [4.69, 9.17) is 29.2 Å². The molecule has 1 fully saturated rings. The van der Waals surface area contributed by atoms with Crippen molar-refractivity contribution in [1.82, 2.24) is 16.2 Å². The highest BCUT2D eigenvalue weighted by molar-refractivity contribution is 7.80. The monoisotopic (exact) mass is 371 g/mol. The molecule has 1 aliphatic rings. The van der Waals surface area contributed by atoms with Crippen LogP contribution in [-0.2, 0) is 4.74 Å². The maximum Gasteiger partial charge on any atom is 0.186 e. The first-order valence-electron chi connectivity index (χ1n) is 8.50. The van der Waals surface area contributed by atoms with Gasteiger partial charge in [0.2, 0.25) is 0 Å². The third kappa shape index (κ3) is 6.78. The molecule has 1 saturated carbocycles. The molecule has 6 nitrogen and oxygen atoms in total. The van der Waals surface area contributed by atoms with Crippen molar-refractivity contribution in [3.63, 3.8) is 0 Å². The zero-order chi connectivity index (χ0) is 17.9. The fourth-order valence-electron chi connectivity index (χ4n) is 2.35. The molecule has 0 saturated heterocycles. The zero-order valence-electron chi connectivity index (χ0n) is 15.0. The number of hydrogen-bond donors (Lipinski definition) is 3. The van der Waals surface area contributed by atoms with Crippen LogP contribution in [0.2, 0.25) is 0 Å². The SMILES string of the molecule is CCNC(=S)N/N=C1/C(=N/NC(=S)C(C)CC)CCC1CCOC. The van der Waals surface area contributed by atoms with Gasteiger partial charge in [-0.3, -0.25) is 10.9 Å². The third-order valence-corrected chi connectivity index (χ3v) is 4.79. The lowest BCUT2D eigenvalue weighted by molar-refractivity contribution is 0.186. The van der Waals surface area contributed by atoms with Gasteiger partial charge >= 0.3 is 0 Å². The van der Waals surface area contributed by atoms with Crippen LogP contribution in [0.15, 0.2) is 10.2 Å². The van der Waals surface area contributed by atoms with Crippen molar-refractivity contribution in [2.75, 3.05) is 20.3 Å². The molecular formula is C16H29N5OS2. The van der Waals surface area contributed by atoms with Crippen molar-refractivity contribution >= 4 is 46.0 Å². The van der Waals surface area contributed by atoms with E-state index in [-0.39, 0.29) is 0 Å². The summed E-state index contributed by atoms with van der Waals surface area (Å²) >= 11 is 10.5. The standard InChI is InChI=1S/C16H29N5OS2/c1-5-11(3)15(23)20-18-13-8-7-12(9-10-22-4)14(13)19-21-16(24)17-6-2/h11-12H,5-10H2,1-4H3,(H,20,23)(H2,17,21,24)/b18-13+,19-14+. The van der Waals surface area contributed by atoms with Crippen LogP contribution in [-0.4, -0.2) is 41.8 Å². The second kappa shape index (κ2) is 11.4. The Labute approximate surface area is 155 Å². The average molecular weight is 372 g/mol. The second-order valence-corrected chi connectivity index (χ2v) is 6.68. The van der Waals surface area contributed by atoms with E-state index in [1.54, 1.807) is 7.11 Å². The van der Waals surface area contributed by atoms with Gasteiger partial charge < -0.3 is 10.1 Å². The summed E-state index contributed by atoms with van der Waals surface area (Å²) in [5.41, 5.74) is 7.81. The molecule has 8 heteroatoms. The largest absolute Gasteiger partial charge is 0.385 e. The van der Waals surface area contributed by atoms with Crippen LogP contribution in [0.4, 0.5) is 0 Å². The van der Waals surface area contributed by atoms with Crippen molar-refractivity contribution in [2.45, 2.75) is 46.5 Å². The van der Waals surface area contributed by atoms with E-state index in [9.17, 15) is 0 Å². The van der Waals surface area contributed by atoms with E-state index in [2.05, 4.69) is 40.2 Å². The van der Waals surface area contributed by atoms with Crippen LogP contribution < -0.4 is 16.2 Å². The van der Waals surface area contributed by atoms with Gasteiger partial charge in [-0.2, -0.15) is 10.2 Å². The lowest BCUT2D eigenvalue weighted by atomic mass is 10.0. The Bertz CT molecular complexity index is 493. The Hall–Kier alpha value is -1.12. The van der Waals surface area contributed by atoms with Crippen LogP contribution in [0.5, 0.6) is 0 Å². The van der Waals surface area contributed by atoms with E-state index in [1.165, 1.54) is 0 Å². The molecule has 0 spiro atoms. The molecular weight excluding hydrogens is 342 g/mol. The summed E-state index contributed by atoms with van der Waals surface area (Å²) in [5, 5.41) is 12.5. The highest BCUT2D eigenvalue weighted by Gasteiger charge is 2.29. The molecule has 24 heavy (non-hydrogen) atoms. The molecule has 2 atom stereocenters. The highest BCUT2D eigenvalue weighted by atomic mass is 32.1. The topological polar surface area (TPSA) is 70.0 Å². The zero-order valence-corrected chi connectivity index (χ0v) is 16.6. The molecule has 0 amide bonds. The summed E-state index contributed by atoms with van der Waals surface area (Å²) in [6.07, 6.45) is 3.79. The van der Waals surface area contributed by atoms with Gasteiger partial charge in [0.1, 0.15) is 0 Å². The number of nitrogens with zero attached hydrogens (tertiary/aromatic N) is 2. The summed E-state index contributed by atoms with van der Waals surface area (Å²) in [7, 11) is 1.71. The summed E-state index contributed by atoms with van der Waals surface area (Å²) in [6, 6.07) is 0. The molecule has 0 radical (unpaired) electrons. The molecule has 0 aromatic rings. The number of thiocarbonyl (C=S) groups is 2. The molecule has 0 heterocycles. The first-order valence-corrected chi connectivity index (χ1v) is 9.32. The minimum atomic E-state index is 0.315. The molecule has 1 rings (SSSR count).